The van der Waals surface area contributed by atoms with Crippen LogP contribution < -0.4 is 5.32 Å². The van der Waals surface area contributed by atoms with Crippen LogP contribution in [-0.4, -0.2) is 42.4 Å². The first-order chi connectivity index (χ1) is 17.2. The van der Waals surface area contributed by atoms with Crippen LogP contribution in [0, 0.1) is 0 Å². The zero-order valence-corrected chi connectivity index (χ0v) is 21.3. The fourth-order valence-electron chi connectivity index (χ4n) is 4.81. The maximum atomic E-state index is 14.0. The number of fused-ring (bicyclic) bond motifs is 1. The average Bonchev–Trinajstić information content (AvgIpc) is 3.24. The smallest absolute Gasteiger partial charge is 0.295 e. The monoisotopic (exact) mass is 540 g/mol. The number of hydrogen-bond donors (Lipinski definition) is 1. The van der Waals surface area contributed by atoms with Crippen LogP contribution in [0.15, 0.2) is 29.2 Å². The molecule has 1 N–H and O–H groups in total. The molecule has 4 heterocycles. The van der Waals surface area contributed by atoms with Gasteiger partial charge in [0.15, 0.2) is 21.3 Å². The Balaban J connectivity index is 1.60. The van der Waals surface area contributed by atoms with Gasteiger partial charge in [0.1, 0.15) is 16.9 Å². The number of alkyl halides is 2. The number of ether oxygens (including phenoxy) is 2. The number of nitrogens with zero attached hydrogens (tertiary/aromatic N) is 3. The summed E-state index contributed by atoms with van der Waals surface area (Å²) in [6.45, 7) is 1.08. The number of aromatic nitrogens is 3. The summed E-state index contributed by atoms with van der Waals surface area (Å²) < 4.78 is 66.3. The topological polar surface area (TPSA) is 95.3 Å². The minimum absolute atomic E-state index is 0.0518. The molecule has 194 valence electrons. The van der Waals surface area contributed by atoms with Gasteiger partial charge in [-0.1, -0.05) is 17.7 Å². The number of pyridine rings is 1. The SMILES string of the molecule is CS(=O)(=O)c1cc([C@@H]2CCCCO2)ccc1Nc1cc(Cl)nc2c1nc(C(F)F)n2C1CCCCO1. The van der Waals surface area contributed by atoms with Crippen LogP contribution in [0.1, 0.15) is 68.7 Å². The number of nitrogens with one attached hydrogen (secondary N) is 1. The van der Waals surface area contributed by atoms with Gasteiger partial charge in [-0.05, 0) is 56.2 Å². The van der Waals surface area contributed by atoms with Crippen molar-refractivity contribution in [2.45, 2.75) is 62.2 Å². The van der Waals surface area contributed by atoms with Crippen molar-refractivity contribution in [1.29, 1.82) is 0 Å². The van der Waals surface area contributed by atoms with Crippen molar-refractivity contribution in [2.24, 2.45) is 0 Å². The molecule has 5 rings (SSSR count). The Hall–Kier alpha value is -2.34. The third-order valence-corrected chi connectivity index (χ3v) is 7.84. The summed E-state index contributed by atoms with van der Waals surface area (Å²) in [6, 6.07) is 6.51. The first-order valence-electron chi connectivity index (χ1n) is 11.9. The Kier molecular flexibility index (Phi) is 7.17. The molecule has 0 bridgehead atoms. The van der Waals surface area contributed by atoms with E-state index in [1.807, 2.05) is 6.07 Å². The first kappa shape index (κ1) is 25.3. The Morgan fingerprint density at radius 1 is 1.06 bits per heavy atom. The van der Waals surface area contributed by atoms with Crippen LogP contribution in [0.4, 0.5) is 20.2 Å². The molecule has 1 unspecified atom stereocenters. The third-order valence-electron chi connectivity index (χ3n) is 6.51. The molecule has 0 amide bonds. The molecule has 3 aromatic rings. The third kappa shape index (κ3) is 5.06. The number of sulfone groups is 1. The highest BCUT2D eigenvalue weighted by Gasteiger charge is 2.29. The van der Waals surface area contributed by atoms with E-state index in [1.54, 1.807) is 12.1 Å². The predicted octanol–water partition coefficient (Wildman–Crippen LogP) is 6.11. The number of anilines is 2. The highest BCUT2D eigenvalue weighted by Crippen LogP contribution is 2.38. The van der Waals surface area contributed by atoms with E-state index < -0.39 is 28.3 Å². The Bertz CT molecular complexity index is 1370. The minimum atomic E-state index is -3.64. The second-order valence-corrected chi connectivity index (χ2v) is 11.5. The van der Waals surface area contributed by atoms with Gasteiger partial charge in [0.05, 0.1) is 22.4 Å². The molecule has 36 heavy (non-hydrogen) atoms. The van der Waals surface area contributed by atoms with E-state index in [4.69, 9.17) is 21.1 Å². The zero-order valence-electron chi connectivity index (χ0n) is 19.7. The van der Waals surface area contributed by atoms with Crippen molar-refractivity contribution in [1.82, 2.24) is 14.5 Å². The number of imidazole rings is 1. The standard InChI is InChI=1S/C24H27ClF2N4O4S/c1-36(32,33)18-12-14(17-6-2-4-10-34-17)8-9-15(18)28-16-13-19(25)29-23-21(16)30-24(22(26)27)31(23)20-7-3-5-11-35-20/h8-9,12-13,17,20,22H,2-7,10-11H2,1H3,(H,28,29)/t17-,20?/m0/s1. The number of halogens is 3. The van der Waals surface area contributed by atoms with Gasteiger partial charge >= 0.3 is 0 Å². The predicted molar refractivity (Wildman–Crippen MR) is 132 cm³/mol. The van der Waals surface area contributed by atoms with E-state index in [0.29, 0.717) is 19.6 Å². The van der Waals surface area contributed by atoms with Crippen molar-refractivity contribution < 1.29 is 26.7 Å². The van der Waals surface area contributed by atoms with Gasteiger partial charge in [0.25, 0.3) is 6.43 Å². The Morgan fingerprint density at radius 3 is 2.44 bits per heavy atom. The molecule has 2 aliphatic heterocycles. The van der Waals surface area contributed by atoms with E-state index in [9.17, 15) is 17.2 Å². The van der Waals surface area contributed by atoms with Crippen LogP contribution in [-0.2, 0) is 19.3 Å². The molecule has 2 atom stereocenters. The van der Waals surface area contributed by atoms with Gasteiger partial charge in [-0.3, -0.25) is 4.57 Å². The van der Waals surface area contributed by atoms with Gasteiger partial charge in [0, 0.05) is 25.5 Å². The van der Waals surface area contributed by atoms with Crippen molar-refractivity contribution in [2.75, 3.05) is 24.8 Å². The average molecular weight is 541 g/mol. The molecule has 12 heteroatoms. The van der Waals surface area contributed by atoms with Crippen LogP contribution in [0.5, 0.6) is 0 Å². The molecular weight excluding hydrogens is 514 g/mol. The van der Waals surface area contributed by atoms with Gasteiger partial charge in [-0.2, -0.15) is 0 Å². The molecule has 0 aliphatic carbocycles. The number of rotatable bonds is 6. The Labute approximate surface area is 212 Å². The van der Waals surface area contributed by atoms with Crippen LogP contribution in [0.25, 0.3) is 11.2 Å². The highest BCUT2D eigenvalue weighted by atomic mass is 35.5. The molecule has 0 spiro atoms. The lowest BCUT2D eigenvalue weighted by molar-refractivity contribution is -0.0363. The molecule has 2 saturated heterocycles. The summed E-state index contributed by atoms with van der Waals surface area (Å²) in [6.07, 6.45) is 2.48. The van der Waals surface area contributed by atoms with Crippen molar-refractivity contribution in [3.05, 3.63) is 40.8 Å². The summed E-state index contributed by atoms with van der Waals surface area (Å²) in [4.78, 5) is 8.54. The molecule has 2 fully saturated rings. The van der Waals surface area contributed by atoms with E-state index >= 15 is 0 Å². The van der Waals surface area contributed by atoms with Gasteiger partial charge in [-0.25, -0.2) is 27.2 Å². The molecular formula is C24H27ClF2N4O4S. The highest BCUT2D eigenvalue weighted by molar-refractivity contribution is 7.90. The van der Waals surface area contributed by atoms with E-state index in [-0.39, 0.29) is 38.7 Å². The summed E-state index contributed by atoms with van der Waals surface area (Å²) in [5.74, 6) is -0.470. The van der Waals surface area contributed by atoms with Crippen LogP contribution in [0.3, 0.4) is 0 Å². The van der Waals surface area contributed by atoms with Crippen LogP contribution in [0.2, 0.25) is 5.15 Å². The molecule has 2 aliphatic rings. The largest absolute Gasteiger partial charge is 0.374 e. The lowest BCUT2D eigenvalue weighted by Crippen LogP contribution is -2.20. The fraction of sp³-hybridized carbons (Fsp3) is 0.500. The Morgan fingerprint density at radius 2 is 1.81 bits per heavy atom. The maximum Gasteiger partial charge on any atom is 0.295 e. The van der Waals surface area contributed by atoms with Crippen LogP contribution >= 0.6 is 11.6 Å². The van der Waals surface area contributed by atoms with Crippen molar-refractivity contribution in [3.8, 4) is 0 Å². The normalized spacial score (nSPS) is 21.2. The van der Waals surface area contributed by atoms with Gasteiger partial charge in [0.2, 0.25) is 0 Å². The molecule has 1 aromatic carbocycles. The van der Waals surface area contributed by atoms with Gasteiger partial charge < -0.3 is 14.8 Å². The quantitative estimate of drug-likeness (QED) is 0.377. The van der Waals surface area contributed by atoms with E-state index in [2.05, 4.69) is 15.3 Å². The summed E-state index contributed by atoms with van der Waals surface area (Å²) >= 11 is 6.29. The van der Waals surface area contributed by atoms with E-state index in [0.717, 1.165) is 43.9 Å². The number of benzene rings is 1. The minimum Gasteiger partial charge on any atom is -0.374 e. The fourth-order valence-corrected chi connectivity index (χ4v) is 5.87. The lowest BCUT2D eigenvalue weighted by Gasteiger charge is -2.25. The lowest BCUT2D eigenvalue weighted by atomic mass is 10.0. The second kappa shape index (κ2) is 10.2. The summed E-state index contributed by atoms with van der Waals surface area (Å²) in [5.41, 5.74) is 1.64. The molecule has 8 nitrogen and oxygen atoms in total. The van der Waals surface area contributed by atoms with Crippen molar-refractivity contribution in [3.63, 3.8) is 0 Å². The second-order valence-electron chi connectivity index (χ2n) is 9.13. The van der Waals surface area contributed by atoms with Gasteiger partial charge in [-0.15, -0.1) is 0 Å². The summed E-state index contributed by atoms with van der Waals surface area (Å²) in [7, 11) is -3.64. The molecule has 2 aromatic heterocycles. The number of hydrogen-bond acceptors (Lipinski definition) is 7. The van der Waals surface area contributed by atoms with E-state index in [1.165, 1.54) is 10.6 Å². The first-order valence-corrected chi connectivity index (χ1v) is 14.2. The summed E-state index contributed by atoms with van der Waals surface area (Å²) in [5, 5.41) is 3.12. The zero-order chi connectivity index (χ0) is 25.4. The van der Waals surface area contributed by atoms with Crippen molar-refractivity contribution >= 4 is 44.0 Å². The molecule has 0 radical (unpaired) electrons. The maximum absolute atomic E-state index is 14.0. The molecule has 0 saturated carbocycles.